The van der Waals surface area contributed by atoms with Gasteiger partial charge in [0.15, 0.2) is 11.5 Å². The average molecular weight is 412 g/mol. The standard InChI is InChI=1S/C18H22BrNO5/c1-5-24-14-8-11(7-13(19)17(14)25-6-2)12-9-15(21)20-10(3)16(12)18(22)23-4/h7-8,12H,5-6,9H2,1-4H3,(H,20,21). The maximum atomic E-state index is 12.2. The van der Waals surface area contributed by atoms with Crippen molar-refractivity contribution in [1.82, 2.24) is 5.32 Å². The number of nitrogens with one attached hydrogen (secondary N) is 1. The summed E-state index contributed by atoms with van der Waals surface area (Å²) in [5, 5.41) is 2.70. The van der Waals surface area contributed by atoms with E-state index in [1.165, 1.54) is 7.11 Å². The van der Waals surface area contributed by atoms with Gasteiger partial charge >= 0.3 is 5.97 Å². The zero-order valence-electron chi connectivity index (χ0n) is 14.8. The van der Waals surface area contributed by atoms with E-state index in [-0.39, 0.29) is 12.3 Å². The predicted molar refractivity (Wildman–Crippen MR) is 96.7 cm³/mol. The van der Waals surface area contributed by atoms with Gasteiger partial charge in [-0.1, -0.05) is 0 Å². The monoisotopic (exact) mass is 411 g/mol. The lowest BCUT2D eigenvalue weighted by molar-refractivity contribution is -0.136. The summed E-state index contributed by atoms with van der Waals surface area (Å²) in [6, 6.07) is 3.67. The van der Waals surface area contributed by atoms with E-state index in [1.807, 2.05) is 26.0 Å². The van der Waals surface area contributed by atoms with E-state index < -0.39 is 11.9 Å². The third-order valence-corrected chi connectivity index (χ3v) is 4.49. The second kappa shape index (κ2) is 8.38. The van der Waals surface area contributed by atoms with E-state index in [0.717, 1.165) is 5.56 Å². The molecule has 6 nitrogen and oxygen atoms in total. The SMILES string of the molecule is CCOc1cc(C2CC(=O)NC(C)=C2C(=O)OC)cc(Br)c1OCC. The minimum absolute atomic E-state index is 0.141. The molecule has 1 atom stereocenters. The van der Waals surface area contributed by atoms with Crippen LogP contribution in [0.2, 0.25) is 0 Å². The molecule has 0 saturated heterocycles. The number of amides is 1. The van der Waals surface area contributed by atoms with Crippen LogP contribution >= 0.6 is 15.9 Å². The number of esters is 1. The lowest BCUT2D eigenvalue weighted by atomic mass is 9.84. The van der Waals surface area contributed by atoms with Crippen molar-refractivity contribution >= 4 is 27.8 Å². The molecular formula is C18H22BrNO5. The number of ether oxygens (including phenoxy) is 3. The Morgan fingerprint density at radius 3 is 2.56 bits per heavy atom. The summed E-state index contributed by atoms with van der Waals surface area (Å²) in [6.45, 7) is 6.44. The van der Waals surface area contributed by atoms with Crippen molar-refractivity contribution in [3.8, 4) is 11.5 Å². The fraction of sp³-hybridized carbons (Fsp3) is 0.444. The average Bonchev–Trinajstić information content (AvgIpc) is 2.56. The van der Waals surface area contributed by atoms with E-state index in [9.17, 15) is 9.59 Å². The normalized spacial score (nSPS) is 17.2. The van der Waals surface area contributed by atoms with Gasteiger partial charge in [0.25, 0.3) is 0 Å². The molecule has 0 saturated carbocycles. The predicted octanol–water partition coefficient (Wildman–Crippen LogP) is 3.30. The molecule has 0 fully saturated rings. The summed E-state index contributed by atoms with van der Waals surface area (Å²) in [5.74, 6) is 0.172. The first-order valence-corrected chi connectivity index (χ1v) is 8.90. The maximum Gasteiger partial charge on any atom is 0.336 e. The first-order chi connectivity index (χ1) is 11.9. The third kappa shape index (κ3) is 4.15. The Bertz CT molecular complexity index is 714. The zero-order chi connectivity index (χ0) is 18.6. The molecule has 0 bridgehead atoms. The van der Waals surface area contributed by atoms with Crippen LogP contribution in [0.25, 0.3) is 0 Å². The Morgan fingerprint density at radius 2 is 1.96 bits per heavy atom. The Labute approximate surface area is 155 Å². The molecule has 1 unspecified atom stereocenters. The second-order valence-corrected chi connectivity index (χ2v) is 6.39. The highest BCUT2D eigenvalue weighted by Crippen LogP contribution is 2.42. The highest BCUT2D eigenvalue weighted by molar-refractivity contribution is 9.10. The maximum absolute atomic E-state index is 12.2. The van der Waals surface area contributed by atoms with Gasteiger partial charge in [-0.15, -0.1) is 0 Å². The van der Waals surface area contributed by atoms with Gasteiger partial charge in [-0.25, -0.2) is 4.79 Å². The van der Waals surface area contributed by atoms with Gasteiger partial charge in [-0.3, -0.25) is 4.79 Å². The smallest absolute Gasteiger partial charge is 0.336 e. The van der Waals surface area contributed by atoms with Gasteiger partial charge in [0.2, 0.25) is 5.91 Å². The van der Waals surface area contributed by atoms with Crippen LogP contribution in [0.4, 0.5) is 0 Å². The quantitative estimate of drug-likeness (QED) is 0.726. The fourth-order valence-corrected chi connectivity index (χ4v) is 3.48. The minimum atomic E-state index is -0.453. The Kier molecular flexibility index (Phi) is 6.47. The molecule has 25 heavy (non-hydrogen) atoms. The van der Waals surface area contributed by atoms with Gasteiger partial charge in [0, 0.05) is 18.0 Å². The number of hydrogen-bond acceptors (Lipinski definition) is 5. The van der Waals surface area contributed by atoms with Gasteiger partial charge in [0.1, 0.15) is 0 Å². The van der Waals surface area contributed by atoms with Gasteiger partial charge < -0.3 is 19.5 Å². The van der Waals surface area contributed by atoms with E-state index in [0.29, 0.717) is 40.5 Å². The van der Waals surface area contributed by atoms with Crippen molar-refractivity contribution in [2.75, 3.05) is 20.3 Å². The summed E-state index contributed by atoms with van der Waals surface area (Å²) in [4.78, 5) is 24.2. The molecule has 0 aliphatic carbocycles. The van der Waals surface area contributed by atoms with Crippen molar-refractivity contribution in [2.45, 2.75) is 33.1 Å². The minimum Gasteiger partial charge on any atom is -0.490 e. The van der Waals surface area contributed by atoms with Gasteiger partial charge in [-0.05, 0) is 54.4 Å². The van der Waals surface area contributed by atoms with E-state index in [1.54, 1.807) is 6.92 Å². The lowest BCUT2D eigenvalue weighted by Gasteiger charge is -2.27. The lowest BCUT2D eigenvalue weighted by Crippen LogP contribution is -2.34. The van der Waals surface area contributed by atoms with Crippen LogP contribution in [0.3, 0.4) is 0 Å². The molecule has 1 aliphatic rings. The first kappa shape index (κ1) is 19.3. The summed E-state index contributed by atoms with van der Waals surface area (Å²) < 4.78 is 16.9. The molecule has 0 radical (unpaired) electrons. The largest absolute Gasteiger partial charge is 0.490 e. The molecule has 1 N–H and O–H groups in total. The van der Waals surface area contributed by atoms with Crippen LogP contribution in [-0.4, -0.2) is 32.2 Å². The van der Waals surface area contributed by atoms with Crippen molar-refractivity contribution in [3.05, 3.63) is 33.4 Å². The summed E-state index contributed by atoms with van der Waals surface area (Å²) in [6.07, 6.45) is 0.160. The topological polar surface area (TPSA) is 73.9 Å². The number of carbonyl (C=O) groups excluding carboxylic acids is 2. The number of benzene rings is 1. The van der Waals surface area contributed by atoms with Crippen LogP contribution in [0.15, 0.2) is 27.9 Å². The number of carbonyl (C=O) groups is 2. The number of halogens is 1. The Balaban J connectivity index is 2.56. The highest BCUT2D eigenvalue weighted by atomic mass is 79.9. The molecule has 136 valence electrons. The molecular weight excluding hydrogens is 390 g/mol. The highest BCUT2D eigenvalue weighted by Gasteiger charge is 2.33. The van der Waals surface area contributed by atoms with Crippen molar-refractivity contribution in [3.63, 3.8) is 0 Å². The molecule has 1 aromatic carbocycles. The zero-order valence-corrected chi connectivity index (χ0v) is 16.4. The van der Waals surface area contributed by atoms with E-state index in [2.05, 4.69) is 21.2 Å². The van der Waals surface area contributed by atoms with Crippen molar-refractivity contribution in [1.29, 1.82) is 0 Å². The summed E-state index contributed by atoms with van der Waals surface area (Å²) >= 11 is 3.50. The summed E-state index contributed by atoms with van der Waals surface area (Å²) in [5.41, 5.74) is 1.74. The molecule has 1 aliphatic heterocycles. The van der Waals surface area contributed by atoms with E-state index in [4.69, 9.17) is 14.2 Å². The molecule has 1 amide bonds. The van der Waals surface area contributed by atoms with Gasteiger partial charge in [-0.2, -0.15) is 0 Å². The number of hydrogen-bond donors (Lipinski definition) is 1. The molecule has 1 aromatic rings. The van der Waals surface area contributed by atoms with Crippen molar-refractivity contribution < 1.29 is 23.8 Å². The number of methoxy groups -OCH3 is 1. The molecule has 7 heteroatoms. The molecule has 0 spiro atoms. The van der Waals surface area contributed by atoms with Gasteiger partial charge in [0.05, 0.1) is 30.4 Å². The van der Waals surface area contributed by atoms with Crippen LogP contribution in [0.1, 0.15) is 38.7 Å². The number of allylic oxidation sites excluding steroid dienone is 1. The fourth-order valence-electron chi connectivity index (χ4n) is 2.90. The molecule has 2 rings (SSSR count). The molecule has 0 aromatic heterocycles. The van der Waals surface area contributed by atoms with E-state index >= 15 is 0 Å². The Morgan fingerprint density at radius 1 is 1.28 bits per heavy atom. The number of rotatable bonds is 6. The van der Waals surface area contributed by atoms with Crippen LogP contribution in [0, 0.1) is 0 Å². The van der Waals surface area contributed by atoms with Crippen LogP contribution < -0.4 is 14.8 Å². The first-order valence-electron chi connectivity index (χ1n) is 8.10. The Hall–Kier alpha value is -2.02. The van der Waals surface area contributed by atoms with Crippen molar-refractivity contribution in [2.24, 2.45) is 0 Å². The third-order valence-electron chi connectivity index (χ3n) is 3.90. The van der Waals surface area contributed by atoms with Crippen LogP contribution in [0.5, 0.6) is 11.5 Å². The molecule has 1 heterocycles. The van der Waals surface area contributed by atoms with Crippen LogP contribution in [-0.2, 0) is 14.3 Å². The second-order valence-electron chi connectivity index (χ2n) is 5.53. The summed E-state index contributed by atoms with van der Waals surface area (Å²) in [7, 11) is 1.33.